The van der Waals surface area contributed by atoms with Crippen LogP contribution in [0, 0.1) is 0 Å². The van der Waals surface area contributed by atoms with Crippen molar-refractivity contribution in [1.29, 1.82) is 0 Å². The maximum atomic E-state index is 11.1. The summed E-state index contributed by atoms with van der Waals surface area (Å²) < 4.78 is 10.6. The van der Waals surface area contributed by atoms with E-state index in [2.05, 4.69) is 6.92 Å². The van der Waals surface area contributed by atoms with Crippen LogP contribution >= 0.6 is 0 Å². The van der Waals surface area contributed by atoms with Gasteiger partial charge in [0.2, 0.25) is 0 Å². The number of nitrogens with two attached hydrogens (primary N) is 1. The van der Waals surface area contributed by atoms with E-state index in [1.807, 2.05) is 5.43 Å². The molecule has 0 aliphatic heterocycles. The number of amides is 1. The predicted octanol–water partition coefficient (Wildman–Crippen LogP) is 1.59. The summed E-state index contributed by atoms with van der Waals surface area (Å²) in [6, 6.07) is 3.29. The van der Waals surface area contributed by atoms with Gasteiger partial charge in [-0.3, -0.25) is 10.2 Å². The van der Waals surface area contributed by atoms with E-state index in [0.717, 1.165) is 6.42 Å². The minimum Gasteiger partial charge on any atom is -0.453 e. The van der Waals surface area contributed by atoms with Crippen molar-refractivity contribution in [3.63, 3.8) is 0 Å². The van der Waals surface area contributed by atoms with Gasteiger partial charge in [0, 0.05) is 6.61 Å². The van der Waals surface area contributed by atoms with E-state index in [0.29, 0.717) is 19.0 Å². The number of ether oxygens (including phenoxy) is 1. The Hall–Kier alpha value is -1.33. The molecule has 1 amide bonds. The Balaban J connectivity index is 2.27. The third-order valence-corrected chi connectivity index (χ3v) is 2.15. The molecule has 0 saturated heterocycles. The average Bonchev–Trinajstić information content (AvgIpc) is 2.76. The largest absolute Gasteiger partial charge is 0.453 e. The van der Waals surface area contributed by atoms with Gasteiger partial charge in [-0.15, -0.1) is 0 Å². The average molecular weight is 226 g/mol. The highest BCUT2D eigenvalue weighted by Crippen LogP contribution is 2.09. The molecule has 1 aromatic rings. The maximum absolute atomic E-state index is 11.1. The normalized spacial score (nSPS) is 10.4. The number of furan rings is 1. The summed E-state index contributed by atoms with van der Waals surface area (Å²) in [5.41, 5.74) is 2.01. The maximum Gasteiger partial charge on any atom is 0.300 e. The Bertz CT molecular complexity index is 323. The van der Waals surface area contributed by atoms with Gasteiger partial charge in [-0.1, -0.05) is 19.8 Å². The highest BCUT2D eigenvalue weighted by molar-refractivity contribution is 5.90. The monoisotopic (exact) mass is 226 g/mol. The Morgan fingerprint density at radius 3 is 3.00 bits per heavy atom. The topological polar surface area (TPSA) is 77.5 Å². The molecule has 0 aliphatic carbocycles. The number of carbonyl (C=O) groups is 1. The van der Waals surface area contributed by atoms with E-state index < -0.39 is 5.91 Å². The fourth-order valence-corrected chi connectivity index (χ4v) is 1.28. The summed E-state index contributed by atoms with van der Waals surface area (Å²) in [5, 5.41) is 0. The van der Waals surface area contributed by atoms with E-state index in [-0.39, 0.29) is 5.76 Å². The highest BCUT2D eigenvalue weighted by Gasteiger charge is 2.08. The Morgan fingerprint density at radius 2 is 2.31 bits per heavy atom. The number of hydrogen-bond acceptors (Lipinski definition) is 4. The molecule has 0 aromatic carbocycles. The Labute approximate surface area is 94.9 Å². The van der Waals surface area contributed by atoms with Gasteiger partial charge < -0.3 is 9.15 Å². The molecule has 1 heterocycles. The van der Waals surface area contributed by atoms with Gasteiger partial charge in [0.25, 0.3) is 0 Å². The summed E-state index contributed by atoms with van der Waals surface area (Å²) in [5.74, 6) is 5.38. The van der Waals surface area contributed by atoms with Gasteiger partial charge in [0.15, 0.2) is 5.76 Å². The summed E-state index contributed by atoms with van der Waals surface area (Å²) in [4.78, 5) is 11.1. The molecule has 0 saturated carbocycles. The fraction of sp³-hybridized carbons (Fsp3) is 0.545. The van der Waals surface area contributed by atoms with Crippen molar-refractivity contribution in [3.8, 4) is 0 Å². The third-order valence-electron chi connectivity index (χ3n) is 2.15. The molecule has 3 N–H and O–H groups in total. The van der Waals surface area contributed by atoms with E-state index in [1.54, 1.807) is 12.1 Å². The van der Waals surface area contributed by atoms with Crippen LogP contribution < -0.4 is 11.3 Å². The number of rotatable bonds is 7. The lowest BCUT2D eigenvalue weighted by Gasteiger charge is -2.00. The smallest absolute Gasteiger partial charge is 0.300 e. The molecule has 0 atom stereocenters. The fourth-order valence-electron chi connectivity index (χ4n) is 1.28. The summed E-state index contributed by atoms with van der Waals surface area (Å²) in [6.07, 6.45) is 3.39. The van der Waals surface area contributed by atoms with Crippen LogP contribution in [0.5, 0.6) is 0 Å². The second kappa shape index (κ2) is 7.03. The zero-order chi connectivity index (χ0) is 11.8. The van der Waals surface area contributed by atoms with Crippen molar-refractivity contribution < 1.29 is 13.9 Å². The molecule has 5 heteroatoms. The third kappa shape index (κ3) is 4.04. The lowest BCUT2D eigenvalue weighted by atomic mass is 10.3. The second-order valence-electron chi connectivity index (χ2n) is 3.50. The number of nitrogens with one attached hydrogen (secondary N) is 1. The van der Waals surface area contributed by atoms with Crippen molar-refractivity contribution in [1.82, 2.24) is 5.43 Å². The van der Waals surface area contributed by atoms with E-state index >= 15 is 0 Å². The van der Waals surface area contributed by atoms with Crippen LogP contribution in [-0.2, 0) is 11.3 Å². The van der Waals surface area contributed by atoms with Crippen LogP contribution in [0.2, 0.25) is 0 Å². The molecule has 0 bridgehead atoms. The SMILES string of the molecule is CCCCCOCc1ccc(C(=O)NN)o1. The second-order valence-corrected chi connectivity index (χ2v) is 3.50. The first kappa shape index (κ1) is 12.7. The van der Waals surface area contributed by atoms with E-state index in [4.69, 9.17) is 15.0 Å². The van der Waals surface area contributed by atoms with Gasteiger partial charge in [-0.2, -0.15) is 0 Å². The first-order valence-corrected chi connectivity index (χ1v) is 5.45. The van der Waals surface area contributed by atoms with Crippen LogP contribution in [-0.4, -0.2) is 12.5 Å². The summed E-state index contributed by atoms with van der Waals surface area (Å²) in [7, 11) is 0. The van der Waals surface area contributed by atoms with E-state index in [1.165, 1.54) is 12.8 Å². The minimum atomic E-state index is -0.433. The molecular formula is C11H18N2O3. The van der Waals surface area contributed by atoms with Crippen LogP contribution in [0.1, 0.15) is 42.5 Å². The minimum absolute atomic E-state index is 0.203. The van der Waals surface area contributed by atoms with Gasteiger partial charge in [-0.05, 0) is 18.6 Å². The zero-order valence-corrected chi connectivity index (χ0v) is 9.49. The molecule has 0 spiro atoms. The molecule has 0 radical (unpaired) electrons. The number of nitrogen functional groups attached to an aromatic ring is 1. The van der Waals surface area contributed by atoms with Crippen LogP contribution in [0.25, 0.3) is 0 Å². The Morgan fingerprint density at radius 1 is 1.50 bits per heavy atom. The van der Waals surface area contributed by atoms with Crippen molar-refractivity contribution in [2.75, 3.05) is 6.61 Å². The lowest BCUT2D eigenvalue weighted by Crippen LogP contribution is -2.29. The van der Waals surface area contributed by atoms with Gasteiger partial charge in [0.1, 0.15) is 12.4 Å². The first-order valence-electron chi connectivity index (χ1n) is 5.45. The first-order chi connectivity index (χ1) is 7.77. The molecular weight excluding hydrogens is 208 g/mol. The molecule has 5 nitrogen and oxygen atoms in total. The van der Waals surface area contributed by atoms with Crippen molar-refractivity contribution >= 4 is 5.91 Å². The van der Waals surface area contributed by atoms with Gasteiger partial charge >= 0.3 is 5.91 Å². The quantitative estimate of drug-likeness (QED) is 0.320. The van der Waals surface area contributed by atoms with Crippen molar-refractivity contribution in [3.05, 3.63) is 23.7 Å². The number of hydrazine groups is 1. The summed E-state index contributed by atoms with van der Waals surface area (Å²) >= 11 is 0. The van der Waals surface area contributed by atoms with Gasteiger partial charge in [-0.25, -0.2) is 5.84 Å². The van der Waals surface area contributed by atoms with Crippen LogP contribution in [0.3, 0.4) is 0 Å². The molecule has 0 unspecified atom stereocenters. The number of hydrogen-bond donors (Lipinski definition) is 2. The lowest BCUT2D eigenvalue weighted by molar-refractivity contribution is 0.0889. The molecule has 1 aromatic heterocycles. The Kier molecular flexibility index (Phi) is 5.60. The van der Waals surface area contributed by atoms with Crippen LogP contribution in [0.4, 0.5) is 0 Å². The molecule has 0 fully saturated rings. The molecule has 16 heavy (non-hydrogen) atoms. The van der Waals surface area contributed by atoms with Gasteiger partial charge in [0.05, 0.1) is 0 Å². The predicted molar refractivity (Wildman–Crippen MR) is 59.5 cm³/mol. The number of carbonyl (C=O) groups excluding carboxylic acids is 1. The van der Waals surface area contributed by atoms with Crippen molar-refractivity contribution in [2.45, 2.75) is 32.8 Å². The van der Waals surface area contributed by atoms with Crippen LogP contribution in [0.15, 0.2) is 16.5 Å². The number of unbranched alkanes of at least 4 members (excludes halogenated alkanes) is 2. The molecule has 0 aliphatic rings. The molecule has 90 valence electrons. The highest BCUT2D eigenvalue weighted by atomic mass is 16.5. The summed E-state index contributed by atoms with van der Waals surface area (Å²) in [6.45, 7) is 3.25. The van der Waals surface area contributed by atoms with E-state index in [9.17, 15) is 4.79 Å². The van der Waals surface area contributed by atoms with Crippen molar-refractivity contribution in [2.24, 2.45) is 5.84 Å². The molecule has 1 rings (SSSR count). The zero-order valence-electron chi connectivity index (χ0n) is 9.49. The standard InChI is InChI=1S/C11H18N2O3/c1-2-3-4-7-15-8-9-5-6-10(16-9)11(14)13-12/h5-6H,2-4,7-8,12H2,1H3,(H,13,14).